The van der Waals surface area contributed by atoms with Crippen LogP contribution in [0.2, 0.25) is 0 Å². The van der Waals surface area contributed by atoms with Crippen LogP contribution >= 0.6 is 11.8 Å². The topological polar surface area (TPSA) is 79.4 Å². The van der Waals surface area contributed by atoms with Crippen LogP contribution in [0.4, 0.5) is 0 Å². The van der Waals surface area contributed by atoms with E-state index in [-0.39, 0.29) is 22.1 Å². The Labute approximate surface area is 161 Å². The summed E-state index contributed by atoms with van der Waals surface area (Å²) in [5.41, 5.74) is 0. The summed E-state index contributed by atoms with van der Waals surface area (Å²) in [6.07, 6.45) is 4.75. The average molecular weight is 400 g/mol. The predicted octanol–water partition coefficient (Wildman–Crippen LogP) is 2.75. The average Bonchev–Trinajstić information content (AvgIpc) is 2.59. The third-order valence-corrected chi connectivity index (χ3v) is 8.04. The number of hydrogen-bond acceptors (Lipinski definition) is 5. The van der Waals surface area contributed by atoms with Gasteiger partial charge >= 0.3 is 0 Å². The van der Waals surface area contributed by atoms with Crippen LogP contribution in [-0.2, 0) is 14.8 Å². The van der Waals surface area contributed by atoms with Gasteiger partial charge in [0, 0.05) is 26.3 Å². The van der Waals surface area contributed by atoms with Crippen LogP contribution in [0.15, 0.2) is 28.3 Å². The molecule has 2 rings (SSSR count). The van der Waals surface area contributed by atoms with Crippen molar-refractivity contribution >= 4 is 27.7 Å². The Kier molecular flexibility index (Phi) is 7.10. The third-order valence-electron chi connectivity index (χ3n) is 5.19. The van der Waals surface area contributed by atoms with E-state index in [2.05, 4.69) is 24.1 Å². The molecule has 0 aromatic carbocycles. The normalized spacial score (nSPS) is 25.1. The number of hydrogen-bond donors (Lipinski definition) is 1. The van der Waals surface area contributed by atoms with Crippen LogP contribution < -0.4 is 5.32 Å². The number of nitrogens with zero attached hydrogens (tertiary/aromatic N) is 2. The second kappa shape index (κ2) is 8.71. The monoisotopic (exact) mass is 399 g/mol. The van der Waals surface area contributed by atoms with E-state index in [1.807, 2.05) is 6.92 Å². The minimum atomic E-state index is -3.49. The van der Waals surface area contributed by atoms with E-state index in [1.165, 1.54) is 44.5 Å². The van der Waals surface area contributed by atoms with E-state index in [0.717, 1.165) is 17.1 Å². The van der Waals surface area contributed by atoms with Crippen molar-refractivity contribution in [3.05, 3.63) is 18.3 Å². The molecule has 0 saturated heterocycles. The second-order valence-electron chi connectivity index (χ2n) is 7.26. The summed E-state index contributed by atoms with van der Waals surface area (Å²) in [5.74, 6) is 1.12. The van der Waals surface area contributed by atoms with Gasteiger partial charge in [0.25, 0.3) is 0 Å². The maximum absolute atomic E-state index is 12.5. The van der Waals surface area contributed by atoms with Gasteiger partial charge in [-0.1, -0.05) is 38.5 Å². The van der Waals surface area contributed by atoms with Gasteiger partial charge in [0.1, 0.15) is 4.90 Å². The van der Waals surface area contributed by atoms with Crippen molar-refractivity contribution < 1.29 is 13.2 Å². The van der Waals surface area contributed by atoms with Crippen molar-refractivity contribution in [2.45, 2.75) is 61.2 Å². The molecule has 0 spiro atoms. The fourth-order valence-corrected chi connectivity index (χ4v) is 4.77. The lowest BCUT2D eigenvalue weighted by molar-refractivity contribution is -0.121. The quantitative estimate of drug-likeness (QED) is 0.744. The van der Waals surface area contributed by atoms with Gasteiger partial charge in [-0.25, -0.2) is 17.7 Å². The SMILES string of the molecule is C[C@@H]1[C@H](C)CCC[C@@H]1NC(=O)[C@@H](C)Sc1ccc(S(=O)(=O)N(C)C)cn1. The predicted molar refractivity (Wildman–Crippen MR) is 105 cm³/mol. The highest BCUT2D eigenvalue weighted by Gasteiger charge is 2.29. The molecule has 1 aliphatic carbocycles. The summed E-state index contributed by atoms with van der Waals surface area (Å²) >= 11 is 1.34. The van der Waals surface area contributed by atoms with Crippen LogP contribution in [-0.4, -0.2) is 49.0 Å². The van der Waals surface area contributed by atoms with Gasteiger partial charge in [-0.15, -0.1) is 0 Å². The summed E-state index contributed by atoms with van der Waals surface area (Å²) in [7, 11) is -0.519. The molecular weight excluding hydrogens is 370 g/mol. The van der Waals surface area contributed by atoms with Crippen LogP contribution in [0, 0.1) is 11.8 Å². The number of sulfonamides is 1. The molecule has 26 heavy (non-hydrogen) atoms. The third kappa shape index (κ3) is 4.98. The van der Waals surface area contributed by atoms with Gasteiger partial charge in [0.05, 0.1) is 10.3 Å². The van der Waals surface area contributed by atoms with Crippen molar-refractivity contribution in [1.29, 1.82) is 0 Å². The first-order valence-electron chi connectivity index (χ1n) is 8.98. The Bertz CT molecular complexity index is 720. The highest BCUT2D eigenvalue weighted by Crippen LogP contribution is 2.30. The molecule has 1 saturated carbocycles. The lowest BCUT2D eigenvalue weighted by atomic mass is 9.78. The molecule has 1 aromatic rings. The number of carbonyl (C=O) groups is 1. The molecule has 4 atom stereocenters. The zero-order valence-electron chi connectivity index (χ0n) is 16.1. The highest BCUT2D eigenvalue weighted by molar-refractivity contribution is 8.00. The molecule has 1 aromatic heterocycles. The van der Waals surface area contributed by atoms with E-state index in [4.69, 9.17) is 0 Å². The van der Waals surface area contributed by atoms with Crippen molar-refractivity contribution in [3.63, 3.8) is 0 Å². The van der Waals surface area contributed by atoms with Crippen molar-refractivity contribution in [1.82, 2.24) is 14.6 Å². The molecule has 1 N–H and O–H groups in total. The molecule has 6 nitrogen and oxygen atoms in total. The zero-order chi connectivity index (χ0) is 19.5. The molecule has 0 bridgehead atoms. The fourth-order valence-electron chi connectivity index (χ4n) is 3.12. The summed E-state index contributed by atoms with van der Waals surface area (Å²) in [4.78, 5) is 16.9. The molecule has 1 heterocycles. The van der Waals surface area contributed by atoms with Crippen LogP contribution in [0.1, 0.15) is 40.0 Å². The van der Waals surface area contributed by atoms with Crippen molar-refractivity contribution in [2.75, 3.05) is 14.1 Å². The number of pyridine rings is 1. The molecule has 146 valence electrons. The summed E-state index contributed by atoms with van der Waals surface area (Å²) in [6.45, 7) is 6.30. The van der Waals surface area contributed by atoms with E-state index in [0.29, 0.717) is 16.9 Å². The standard InChI is InChI=1S/C18H29N3O3S2/c1-12-7-6-8-16(13(12)2)20-18(22)14(3)25-17-10-9-15(11-19-17)26(23,24)21(4)5/h9-14,16H,6-8H2,1-5H3,(H,20,22)/t12-,13-,14-,16+/m1/s1. The summed E-state index contributed by atoms with van der Waals surface area (Å²) in [5, 5.41) is 3.53. The van der Waals surface area contributed by atoms with Gasteiger partial charge in [0.2, 0.25) is 15.9 Å². The van der Waals surface area contributed by atoms with Gasteiger partial charge in [-0.2, -0.15) is 0 Å². The lowest BCUT2D eigenvalue weighted by Crippen LogP contribution is -2.46. The van der Waals surface area contributed by atoms with Crippen LogP contribution in [0.5, 0.6) is 0 Å². The Morgan fingerprint density at radius 3 is 2.58 bits per heavy atom. The number of rotatable bonds is 6. The first-order chi connectivity index (χ1) is 12.1. The molecule has 0 aliphatic heterocycles. The maximum Gasteiger partial charge on any atom is 0.244 e. The summed E-state index contributed by atoms with van der Waals surface area (Å²) in [6, 6.07) is 3.41. The molecule has 1 aliphatic rings. The van der Waals surface area contributed by atoms with Crippen molar-refractivity contribution in [3.8, 4) is 0 Å². The minimum absolute atomic E-state index is 0.00717. The molecule has 1 fully saturated rings. The molecule has 0 unspecified atom stereocenters. The highest BCUT2D eigenvalue weighted by atomic mass is 32.2. The smallest absolute Gasteiger partial charge is 0.244 e. The first kappa shape index (κ1) is 21.2. The number of aromatic nitrogens is 1. The Morgan fingerprint density at radius 1 is 1.31 bits per heavy atom. The van der Waals surface area contributed by atoms with E-state index in [1.54, 1.807) is 6.07 Å². The minimum Gasteiger partial charge on any atom is -0.352 e. The second-order valence-corrected chi connectivity index (χ2v) is 10.8. The lowest BCUT2D eigenvalue weighted by Gasteiger charge is -2.35. The molecule has 0 radical (unpaired) electrons. The molecular formula is C18H29N3O3S2. The number of carbonyl (C=O) groups excluding carboxylic acids is 1. The van der Waals surface area contributed by atoms with Crippen LogP contribution in [0.3, 0.4) is 0 Å². The van der Waals surface area contributed by atoms with Gasteiger partial charge in [0.15, 0.2) is 0 Å². The molecule has 8 heteroatoms. The van der Waals surface area contributed by atoms with Gasteiger partial charge in [-0.05, 0) is 37.3 Å². The van der Waals surface area contributed by atoms with Gasteiger partial charge < -0.3 is 5.32 Å². The number of amides is 1. The Balaban J connectivity index is 1.96. The first-order valence-corrected chi connectivity index (χ1v) is 11.3. The number of nitrogens with one attached hydrogen (secondary N) is 1. The van der Waals surface area contributed by atoms with Gasteiger partial charge in [-0.3, -0.25) is 4.79 Å². The molecule has 1 amide bonds. The maximum atomic E-state index is 12.5. The van der Waals surface area contributed by atoms with Crippen molar-refractivity contribution in [2.24, 2.45) is 11.8 Å². The van der Waals surface area contributed by atoms with Crippen LogP contribution in [0.25, 0.3) is 0 Å². The summed E-state index contributed by atoms with van der Waals surface area (Å²) < 4.78 is 25.3. The largest absolute Gasteiger partial charge is 0.352 e. The number of thioether (sulfide) groups is 1. The zero-order valence-corrected chi connectivity index (χ0v) is 17.7. The fraction of sp³-hybridized carbons (Fsp3) is 0.667. The van der Waals surface area contributed by atoms with E-state index >= 15 is 0 Å². The Morgan fingerprint density at radius 2 is 2.00 bits per heavy atom. The Hall–Kier alpha value is -1.12. The van der Waals surface area contributed by atoms with E-state index in [9.17, 15) is 13.2 Å². The van der Waals surface area contributed by atoms with E-state index < -0.39 is 10.0 Å².